The summed E-state index contributed by atoms with van der Waals surface area (Å²) in [6.45, 7) is 0. The quantitative estimate of drug-likeness (QED) is 0.627. The average Bonchev–Trinajstić information content (AvgIpc) is 3.13. The van der Waals surface area contributed by atoms with Crippen molar-refractivity contribution < 1.29 is 22.6 Å². The van der Waals surface area contributed by atoms with Crippen LogP contribution in [0.25, 0.3) is 11.1 Å². The highest BCUT2D eigenvalue weighted by molar-refractivity contribution is 7.13. The van der Waals surface area contributed by atoms with Crippen LogP contribution in [-0.2, 0) is 6.18 Å². The van der Waals surface area contributed by atoms with E-state index in [4.69, 9.17) is 9.47 Å². The van der Waals surface area contributed by atoms with Crippen LogP contribution in [0.3, 0.4) is 0 Å². The van der Waals surface area contributed by atoms with Crippen molar-refractivity contribution in [1.82, 2.24) is 4.98 Å². The van der Waals surface area contributed by atoms with Crippen LogP contribution in [0.5, 0.6) is 11.5 Å². The van der Waals surface area contributed by atoms with Crippen molar-refractivity contribution in [3.05, 3.63) is 53.5 Å². The maximum absolute atomic E-state index is 13.2. The van der Waals surface area contributed by atoms with Gasteiger partial charge in [-0.15, -0.1) is 11.3 Å². The SMILES string of the molecule is COc1ccc(OC)c(-c2cc(C(F)(F)F)ccc2Nc2nccs2)c1. The van der Waals surface area contributed by atoms with Crippen molar-refractivity contribution in [2.24, 2.45) is 0 Å². The zero-order valence-corrected chi connectivity index (χ0v) is 14.7. The number of thiazole rings is 1. The summed E-state index contributed by atoms with van der Waals surface area (Å²) in [5.41, 5.74) is 0.560. The monoisotopic (exact) mass is 380 g/mol. The van der Waals surface area contributed by atoms with Gasteiger partial charge in [0.2, 0.25) is 0 Å². The number of benzene rings is 2. The molecule has 1 N–H and O–H groups in total. The molecule has 0 saturated heterocycles. The molecule has 0 aliphatic rings. The van der Waals surface area contributed by atoms with E-state index >= 15 is 0 Å². The molecule has 0 aliphatic heterocycles. The zero-order valence-electron chi connectivity index (χ0n) is 13.9. The van der Waals surface area contributed by atoms with Crippen LogP contribution in [0.1, 0.15) is 5.56 Å². The Morgan fingerprint density at radius 2 is 1.81 bits per heavy atom. The largest absolute Gasteiger partial charge is 0.497 e. The lowest BCUT2D eigenvalue weighted by atomic mass is 9.99. The van der Waals surface area contributed by atoms with Gasteiger partial charge in [-0.05, 0) is 36.4 Å². The van der Waals surface area contributed by atoms with Gasteiger partial charge in [0.15, 0.2) is 5.13 Å². The molecule has 1 heterocycles. The molecule has 0 radical (unpaired) electrons. The number of nitrogens with zero attached hydrogens (tertiary/aromatic N) is 1. The molecule has 0 unspecified atom stereocenters. The van der Waals surface area contributed by atoms with Crippen molar-refractivity contribution in [3.8, 4) is 22.6 Å². The van der Waals surface area contributed by atoms with Crippen LogP contribution in [0.2, 0.25) is 0 Å². The Morgan fingerprint density at radius 3 is 2.42 bits per heavy atom. The highest BCUT2D eigenvalue weighted by atomic mass is 32.1. The van der Waals surface area contributed by atoms with Crippen LogP contribution in [0.15, 0.2) is 48.0 Å². The lowest BCUT2D eigenvalue weighted by Crippen LogP contribution is -2.06. The molecule has 0 bridgehead atoms. The number of alkyl halides is 3. The van der Waals surface area contributed by atoms with Gasteiger partial charge in [0.25, 0.3) is 0 Å². The Balaban J connectivity index is 2.19. The number of methoxy groups -OCH3 is 2. The minimum atomic E-state index is -4.46. The second-order valence-corrected chi connectivity index (χ2v) is 6.18. The minimum Gasteiger partial charge on any atom is -0.497 e. The van der Waals surface area contributed by atoms with Gasteiger partial charge in [-0.1, -0.05) is 0 Å². The van der Waals surface area contributed by atoms with Gasteiger partial charge in [-0.3, -0.25) is 0 Å². The van der Waals surface area contributed by atoms with E-state index in [1.54, 1.807) is 29.8 Å². The summed E-state index contributed by atoms with van der Waals surface area (Å²) >= 11 is 1.35. The van der Waals surface area contributed by atoms with Crippen molar-refractivity contribution in [2.45, 2.75) is 6.18 Å². The molecule has 136 valence electrons. The number of rotatable bonds is 5. The number of nitrogens with one attached hydrogen (secondary N) is 1. The predicted octanol–water partition coefficient (Wildman–Crippen LogP) is 5.59. The third-order valence-electron chi connectivity index (χ3n) is 3.72. The molecule has 2 aromatic carbocycles. The third kappa shape index (κ3) is 3.75. The van der Waals surface area contributed by atoms with Gasteiger partial charge in [-0.25, -0.2) is 4.98 Å². The van der Waals surface area contributed by atoms with Gasteiger partial charge in [0, 0.05) is 28.4 Å². The summed E-state index contributed by atoms with van der Waals surface area (Å²) in [5.74, 6) is 0.950. The van der Waals surface area contributed by atoms with Crippen molar-refractivity contribution in [3.63, 3.8) is 0 Å². The topological polar surface area (TPSA) is 43.4 Å². The van der Waals surface area contributed by atoms with Gasteiger partial charge < -0.3 is 14.8 Å². The molecule has 0 atom stereocenters. The average molecular weight is 380 g/mol. The minimum absolute atomic E-state index is 0.339. The number of halogens is 3. The normalized spacial score (nSPS) is 11.3. The van der Waals surface area contributed by atoms with E-state index in [1.165, 1.54) is 31.6 Å². The molecule has 0 aliphatic carbocycles. The Labute approximate surface area is 152 Å². The van der Waals surface area contributed by atoms with Crippen molar-refractivity contribution in [2.75, 3.05) is 19.5 Å². The number of ether oxygens (including phenoxy) is 2. The molecule has 1 aromatic heterocycles. The molecule has 26 heavy (non-hydrogen) atoms. The van der Waals surface area contributed by atoms with E-state index in [9.17, 15) is 13.2 Å². The summed E-state index contributed by atoms with van der Waals surface area (Å²) < 4.78 is 50.2. The second kappa shape index (κ2) is 7.25. The predicted molar refractivity (Wildman–Crippen MR) is 95.4 cm³/mol. The fourth-order valence-electron chi connectivity index (χ4n) is 2.48. The van der Waals surface area contributed by atoms with Crippen molar-refractivity contribution >= 4 is 22.2 Å². The summed E-state index contributed by atoms with van der Waals surface area (Å²) in [6.07, 6.45) is -2.84. The first kappa shape index (κ1) is 18.1. The van der Waals surface area contributed by atoms with E-state index in [-0.39, 0.29) is 0 Å². The van der Waals surface area contributed by atoms with Crippen LogP contribution in [0.4, 0.5) is 24.0 Å². The molecular weight excluding hydrogens is 365 g/mol. The number of hydrogen-bond donors (Lipinski definition) is 1. The first-order chi connectivity index (χ1) is 12.4. The molecular formula is C18H15F3N2O2S. The second-order valence-electron chi connectivity index (χ2n) is 5.29. The lowest BCUT2D eigenvalue weighted by Gasteiger charge is -2.17. The molecule has 0 saturated carbocycles. The molecule has 3 aromatic rings. The van der Waals surface area contributed by atoms with E-state index in [1.807, 2.05) is 0 Å². The molecule has 4 nitrogen and oxygen atoms in total. The number of aromatic nitrogens is 1. The van der Waals surface area contributed by atoms with E-state index in [0.29, 0.717) is 33.4 Å². The van der Waals surface area contributed by atoms with Gasteiger partial charge in [0.05, 0.1) is 19.8 Å². The maximum atomic E-state index is 13.2. The van der Waals surface area contributed by atoms with E-state index in [2.05, 4.69) is 10.3 Å². The Bertz CT molecular complexity index is 896. The first-order valence-electron chi connectivity index (χ1n) is 7.52. The van der Waals surface area contributed by atoms with E-state index in [0.717, 1.165) is 12.1 Å². The third-order valence-corrected chi connectivity index (χ3v) is 4.41. The number of anilines is 2. The standard InChI is InChI=1S/C18H15F3N2O2S/c1-24-12-4-6-16(25-2)14(10-12)13-9-11(18(19,20)21)3-5-15(13)23-17-22-7-8-26-17/h3-10H,1-2H3,(H,22,23). The summed E-state index contributed by atoms with van der Waals surface area (Å²) in [4.78, 5) is 4.12. The summed E-state index contributed by atoms with van der Waals surface area (Å²) in [5, 5.41) is 5.41. The lowest BCUT2D eigenvalue weighted by molar-refractivity contribution is -0.137. The van der Waals surface area contributed by atoms with E-state index < -0.39 is 11.7 Å². The van der Waals surface area contributed by atoms with Crippen LogP contribution in [-0.4, -0.2) is 19.2 Å². The Morgan fingerprint density at radius 1 is 1.00 bits per heavy atom. The Kier molecular flexibility index (Phi) is 5.03. The highest BCUT2D eigenvalue weighted by Crippen LogP contribution is 2.42. The molecule has 0 spiro atoms. The van der Waals surface area contributed by atoms with Gasteiger partial charge in [-0.2, -0.15) is 13.2 Å². The van der Waals surface area contributed by atoms with Gasteiger partial charge >= 0.3 is 6.18 Å². The van der Waals surface area contributed by atoms with Gasteiger partial charge in [0.1, 0.15) is 11.5 Å². The smallest absolute Gasteiger partial charge is 0.416 e. The highest BCUT2D eigenvalue weighted by Gasteiger charge is 2.31. The fourth-order valence-corrected chi connectivity index (χ4v) is 3.02. The molecule has 0 fully saturated rings. The van der Waals surface area contributed by atoms with Crippen molar-refractivity contribution in [1.29, 1.82) is 0 Å². The maximum Gasteiger partial charge on any atom is 0.416 e. The number of hydrogen-bond acceptors (Lipinski definition) is 5. The van der Waals surface area contributed by atoms with Crippen LogP contribution < -0.4 is 14.8 Å². The Hall–Kier alpha value is -2.74. The summed E-state index contributed by atoms with van der Waals surface area (Å²) in [6, 6.07) is 8.49. The first-order valence-corrected chi connectivity index (χ1v) is 8.40. The molecule has 0 amide bonds. The molecule has 8 heteroatoms. The zero-order chi connectivity index (χ0) is 18.7. The van der Waals surface area contributed by atoms with Crippen LogP contribution >= 0.6 is 11.3 Å². The molecule has 3 rings (SSSR count). The summed E-state index contributed by atoms with van der Waals surface area (Å²) in [7, 11) is 2.96. The fraction of sp³-hybridized carbons (Fsp3) is 0.167. The van der Waals surface area contributed by atoms with Crippen LogP contribution in [0, 0.1) is 0 Å².